The largest absolute Gasteiger partial charge is 0.496 e. The fourth-order valence-electron chi connectivity index (χ4n) is 2.23. The predicted octanol–water partition coefficient (Wildman–Crippen LogP) is 0.389. The lowest BCUT2D eigenvalue weighted by molar-refractivity contribution is 0.0997. The van der Waals surface area contributed by atoms with Crippen molar-refractivity contribution < 1.29 is 17.9 Å². The van der Waals surface area contributed by atoms with Gasteiger partial charge in [-0.3, -0.25) is 9.48 Å². The monoisotopic (exact) mass is 367 g/mol. The second-order valence-electron chi connectivity index (χ2n) is 5.82. The fourth-order valence-corrected chi connectivity index (χ4v) is 3.63. The number of nitrogens with one attached hydrogen (secondary N) is 1. The highest BCUT2D eigenvalue weighted by Crippen LogP contribution is 2.22. The van der Waals surface area contributed by atoms with E-state index in [-0.39, 0.29) is 22.1 Å². The molecule has 1 amide bonds. The molecule has 1 heterocycles. The molecule has 0 saturated heterocycles. The Bertz CT molecular complexity index is 834. The molecule has 136 valence electrons. The molecule has 1 aromatic carbocycles. The number of hydrogen-bond donors (Lipinski definition) is 2. The highest BCUT2D eigenvalue weighted by molar-refractivity contribution is 7.89. The van der Waals surface area contributed by atoms with Gasteiger partial charge in [-0.25, -0.2) is 13.1 Å². The van der Waals surface area contributed by atoms with E-state index in [9.17, 15) is 13.2 Å². The predicted molar refractivity (Wildman–Crippen MR) is 90.5 cm³/mol. The van der Waals surface area contributed by atoms with Gasteiger partial charge < -0.3 is 10.5 Å². The van der Waals surface area contributed by atoms with Gasteiger partial charge >= 0.3 is 0 Å². The van der Waals surface area contributed by atoms with Crippen molar-refractivity contribution in [2.75, 3.05) is 7.11 Å². The van der Waals surface area contributed by atoms with E-state index in [4.69, 9.17) is 10.5 Å². The Morgan fingerprint density at radius 1 is 1.40 bits per heavy atom. The molecule has 3 N–H and O–H groups in total. The summed E-state index contributed by atoms with van der Waals surface area (Å²) in [7, 11) is -2.49. The maximum Gasteiger partial charge on any atom is 0.252 e. The van der Waals surface area contributed by atoms with E-state index >= 15 is 0 Å². The minimum absolute atomic E-state index is 0.00254. The van der Waals surface area contributed by atoms with Gasteiger partial charge in [0.05, 0.1) is 30.3 Å². The lowest BCUT2D eigenvalue weighted by Crippen LogP contribution is -2.41. The van der Waals surface area contributed by atoms with E-state index in [1.807, 2.05) is 13.8 Å². The van der Waals surface area contributed by atoms with Crippen LogP contribution in [0.25, 0.3) is 0 Å². The second kappa shape index (κ2) is 7.62. The Morgan fingerprint density at radius 2 is 2.12 bits per heavy atom. The molecule has 0 radical (unpaired) electrons. The van der Waals surface area contributed by atoms with Crippen LogP contribution in [-0.2, 0) is 16.6 Å². The van der Waals surface area contributed by atoms with Crippen LogP contribution in [0.4, 0.5) is 0 Å². The van der Waals surface area contributed by atoms with Crippen molar-refractivity contribution >= 4 is 15.9 Å². The molecule has 9 nitrogen and oxygen atoms in total. The molecule has 0 aliphatic heterocycles. The third-order valence-corrected chi connectivity index (χ3v) is 5.20. The second-order valence-corrected chi connectivity index (χ2v) is 7.54. The molecule has 0 aliphatic carbocycles. The van der Waals surface area contributed by atoms with E-state index in [0.29, 0.717) is 6.54 Å². The molecule has 0 bridgehead atoms. The van der Waals surface area contributed by atoms with Crippen molar-refractivity contribution in [1.82, 2.24) is 19.7 Å². The van der Waals surface area contributed by atoms with E-state index < -0.39 is 22.0 Å². The molecule has 1 unspecified atom stereocenters. The smallest absolute Gasteiger partial charge is 0.252 e. The van der Waals surface area contributed by atoms with Gasteiger partial charge in [-0.1, -0.05) is 19.1 Å². The number of benzene rings is 1. The number of nitrogens with two attached hydrogens (primary N) is 1. The molecule has 1 atom stereocenters. The average Bonchev–Trinajstić information content (AvgIpc) is 3.06. The highest BCUT2D eigenvalue weighted by Gasteiger charge is 2.24. The van der Waals surface area contributed by atoms with Crippen LogP contribution in [0.3, 0.4) is 0 Å². The number of nitrogens with zero attached hydrogens (tertiary/aromatic N) is 3. The summed E-state index contributed by atoms with van der Waals surface area (Å²) in [4.78, 5) is 11.4. The van der Waals surface area contributed by atoms with Crippen LogP contribution in [0.15, 0.2) is 35.5 Å². The number of aromatic nitrogens is 3. The van der Waals surface area contributed by atoms with Gasteiger partial charge in [0.25, 0.3) is 5.91 Å². The minimum atomic E-state index is -3.86. The standard InChI is InChI=1S/C15H21N5O4S/c1-10(2)13(9-20-7-6-17-19-20)18-25(22,23)11-4-5-14(24-3)12(8-11)15(16)21/h4-8,10,13,18H,9H2,1-3H3,(H2,16,21). The number of rotatable bonds is 8. The maximum atomic E-state index is 12.7. The molecule has 0 saturated carbocycles. The van der Waals surface area contributed by atoms with Gasteiger partial charge in [0, 0.05) is 12.2 Å². The van der Waals surface area contributed by atoms with Gasteiger partial charge in [-0.05, 0) is 24.1 Å². The summed E-state index contributed by atoms with van der Waals surface area (Å²) in [5, 5.41) is 7.57. The molecule has 0 spiro atoms. The summed E-state index contributed by atoms with van der Waals surface area (Å²) < 4.78 is 34.6. The average molecular weight is 367 g/mol. The Balaban J connectivity index is 2.30. The van der Waals surface area contributed by atoms with Crippen LogP contribution in [0, 0.1) is 5.92 Å². The third-order valence-electron chi connectivity index (χ3n) is 3.71. The third kappa shape index (κ3) is 4.54. The van der Waals surface area contributed by atoms with Crippen LogP contribution in [-0.4, -0.2) is 42.5 Å². The summed E-state index contributed by atoms with van der Waals surface area (Å²) in [6, 6.07) is 3.55. The van der Waals surface area contributed by atoms with Gasteiger partial charge in [0.2, 0.25) is 10.0 Å². The summed E-state index contributed by atoms with van der Waals surface area (Å²) in [5.74, 6) is -0.542. The molecular weight excluding hydrogens is 346 g/mol. The number of hydrogen-bond acceptors (Lipinski definition) is 6. The summed E-state index contributed by atoms with van der Waals surface area (Å²) in [6.07, 6.45) is 3.18. The fraction of sp³-hybridized carbons (Fsp3) is 0.400. The number of sulfonamides is 1. The number of methoxy groups -OCH3 is 1. The van der Waals surface area contributed by atoms with E-state index in [1.54, 1.807) is 10.9 Å². The van der Waals surface area contributed by atoms with Crippen molar-refractivity contribution in [2.24, 2.45) is 11.7 Å². The summed E-state index contributed by atoms with van der Waals surface area (Å²) >= 11 is 0. The zero-order chi connectivity index (χ0) is 18.6. The van der Waals surface area contributed by atoms with Crippen LogP contribution < -0.4 is 15.2 Å². The summed E-state index contributed by atoms with van der Waals surface area (Å²) in [5.41, 5.74) is 5.29. The first-order chi connectivity index (χ1) is 11.7. The SMILES string of the molecule is COc1ccc(S(=O)(=O)NC(Cn2ccnn2)C(C)C)cc1C(N)=O. The van der Waals surface area contributed by atoms with Gasteiger partial charge in [0.1, 0.15) is 5.75 Å². The molecule has 1 aromatic heterocycles. The lowest BCUT2D eigenvalue weighted by Gasteiger charge is -2.22. The van der Waals surface area contributed by atoms with Crippen molar-refractivity contribution in [3.63, 3.8) is 0 Å². The Kier molecular flexibility index (Phi) is 5.75. The number of carbonyl (C=O) groups excluding carboxylic acids is 1. The van der Waals surface area contributed by atoms with Crippen molar-refractivity contribution in [2.45, 2.75) is 31.3 Å². The van der Waals surface area contributed by atoms with Crippen LogP contribution in [0.1, 0.15) is 24.2 Å². The normalized spacial score (nSPS) is 13.0. The topological polar surface area (TPSA) is 129 Å². The number of primary amides is 1. The van der Waals surface area contributed by atoms with Crippen molar-refractivity contribution in [3.05, 3.63) is 36.2 Å². The molecular formula is C15H21N5O4S. The van der Waals surface area contributed by atoms with Crippen molar-refractivity contribution in [1.29, 1.82) is 0 Å². The van der Waals surface area contributed by atoms with Gasteiger partial charge in [-0.15, -0.1) is 5.10 Å². The van der Waals surface area contributed by atoms with E-state index in [0.717, 1.165) is 0 Å². The number of ether oxygens (including phenoxy) is 1. The number of carbonyl (C=O) groups is 1. The van der Waals surface area contributed by atoms with E-state index in [1.165, 1.54) is 31.5 Å². The summed E-state index contributed by atoms with van der Waals surface area (Å²) in [6.45, 7) is 4.12. The quantitative estimate of drug-likeness (QED) is 0.694. The zero-order valence-electron chi connectivity index (χ0n) is 14.2. The Hall–Kier alpha value is -2.46. The molecule has 10 heteroatoms. The lowest BCUT2D eigenvalue weighted by atomic mass is 10.1. The maximum absolute atomic E-state index is 12.7. The highest BCUT2D eigenvalue weighted by atomic mass is 32.2. The zero-order valence-corrected chi connectivity index (χ0v) is 15.0. The Morgan fingerprint density at radius 3 is 2.64 bits per heavy atom. The van der Waals surface area contributed by atoms with Crippen molar-refractivity contribution in [3.8, 4) is 5.75 Å². The van der Waals surface area contributed by atoms with Crippen LogP contribution >= 0.6 is 0 Å². The first-order valence-corrected chi connectivity index (χ1v) is 9.07. The number of amides is 1. The minimum Gasteiger partial charge on any atom is -0.496 e. The first-order valence-electron chi connectivity index (χ1n) is 7.59. The first kappa shape index (κ1) is 18.9. The molecule has 2 rings (SSSR count). The molecule has 25 heavy (non-hydrogen) atoms. The molecule has 0 fully saturated rings. The van der Waals surface area contributed by atoms with Gasteiger partial charge in [-0.2, -0.15) is 0 Å². The molecule has 2 aromatic rings. The van der Waals surface area contributed by atoms with Crippen LogP contribution in [0.5, 0.6) is 5.75 Å². The van der Waals surface area contributed by atoms with Gasteiger partial charge in [0.15, 0.2) is 0 Å². The van der Waals surface area contributed by atoms with E-state index in [2.05, 4.69) is 15.0 Å². The van der Waals surface area contributed by atoms with Crippen LogP contribution in [0.2, 0.25) is 0 Å². The Labute approximate surface area is 146 Å². The molecule has 0 aliphatic rings.